The van der Waals surface area contributed by atoms with Crippen LogP contribution in [0, 0.1) is 0 Å². The highest BCUT2D eigenvalue weighted by molar-refractivity contribution is 5.95. The van der Waals surface area contributed by atoms with Crippen LogP contribution in [0.3, 0.4) is 0 Å². The van der Waals surface area contributed by atoms with Gasteiger partial charge in [0, 0.05) is 0 Å². The van der Waals surface area contributed by atoms with Gasteiger partial charge in [0.2, 0.25) is 0 Å². The quantitative estimate of drug-likeness (QED) is 0.364. The Morgan fingerprint density at radius 2 is 0.938 bits per heavy atom. The Morgan fingerprint density at radius 1 is 0.594 bits per heavy atom. The Kier molecular flexibility index (Phi) is 8.84. The molecule has 0 amide bonds. The van der Waals surface area contributed by atoms with Gasteiger partial charge in [-0.05, 0) is 65.3 Å². The van der Waals surface area contributed by atoms with Gasteiger partial charge in [0.05, 0.1) is 5.41 Å². The minimum Gasteiger partial charge on any atom is -0.0844 e. The van der Waals surface area contributed by atoms with Crippen molar-refractivity contribution in [2.75, 3.05) is 0 Å². The molecular weight excluding hydrogens is 384 g/mol. The largest absolute Gasteiger partial charge is 0.0844 e. The molecule has 0 N–H and O–H groups in total. The summed E-state index contributed by atoms with van der Waals surface area (Å²) in [6, 6.07) is 26.9. The molecule has 0 bridgehead atoms. The topological polar surface area (TPSA) is 0 Å². The molecule has 0 atom stereocenters. The summed E-state index contributed by atoms with van der Waals surface area (Å²) in [5.41, 5.74) is 12.4. The molecule has 0 nitrogen and oxygen atoms in total. The molecule has 2 aliphatic rings. The van der Waals surface area contributed by atoms with Gasteiger partial charge < -0.3 is 0 Å². The molecule has 0 saturated carbocycles. The molecule has 0 fully saturated rings. The van der Waals surface area contributed by atoms with Crippen LogP contribution in [0.2, 0.25) is 0 Å². The van der Waals surface area contributed by atoms with Crippen molar-refractivity contribution in [2.24, 2.45) is 0 Å². The Hall–Kier alpha value is -2.86. The summed E-state index contributed by atoms with van der Waals surface area (Å²) < 4.78 is 0. The molecule has 0 radical (unpaired) electrons. The third kappa shape index (κ3) is 3.56. The molecule has 0 unspecified atom stereocenters. The van der Waals surface area contributed by atoms with Gasteiger partial charge in [-0.15, -0.1) is 0 Å². The molecule has 5 rings (SSSR count). The predicted octanol–water partition coefficient (Wildman–Crippen LogP) is 9.83. The van der Waals surface area contributed by atoms with Gasteiger partial charge in [-0.25, -0.2) is 0 Å². The van der Waals surface area contributed by atoms with Crippen molar-refractivity contribution in [3.63, 3.8) is 0 Å². The van der Waals surface area contributed by atoms with Gasteiger partial charge in [0.1, 0.15) is 0 Å². The summed E-state index contributed by atoms with van der Waals surface area (Å²) in [7, 11) is 0. The van der Waals surface area contributed by atoms with E-state index in [0.717, 1.165) is 0 Å². The Bertz CT molecular complexity index is 1060. The fourth-order valence-corrected chi connectivity index (χ4v) is 5.22. The fourth-order valence-electron chi connectivity index (χ4n) is 5.22. The maximum atomic E-state index is 2.33. The molecule has 3 aromatic rings. The maximum absolute atomic E-state index is 2.33. The van der Waals surface area contributed by atoms with E-state index in [4.69, 9.17) is 0 Å². The first-order valence-electron chi connectivity index (χ1n) is 12.3. The molecule has 32 heavy (non-hydrogen) atoms. The first-order valence-corrected chi connectivity index (χ1v) is 12.3. The van der Waals surface area contributed by atoms with Crippen LogP contribution >= 0.6 is 0 Å². The van der Waals surface area contributed by atoms with Gasteiger partial charge >= 0.3 is 0 Å². The summed E-state index contributed by atoms with van der Waals surface area (Å²) in [6.45, 7) is 18.7. The number of hydrogen-bond acceptors (Lipinski definition) is 0. The van der Waals surface area contributed by atoms with Gasteiger partial charge in [0.15, 0.2) is 0 Å². The van der Waals surface area contributed by atoms with E-state index in [2.05, 4.69) is 99.6 Å². The average Bonchev–Trinajstić information content (AvgIpc) is 3.33. The average molecular weight is 425 g/mol. The van der Waals surface area contributed by atoms with Gasteiger partial charge in [-0.2, -0.15) is 0 Å². The molecule has 0 saturated heterocycles. The first kappa shape index (κ1) is 25.4. The third-order valence-electron chi connectivity index (χ3n) is 6.26. The van der Waals surface area contributed by atoms with E-state index in [-0.39, 0.29) is 5.41 Å². The predicted molar refractivity (Wildman–Crippen MR) is 144 cm³/mol. The summed E-state index contributed by atoms with van der Waals surface area (Å²) in [6.07, 6.45) is 2.26. The van der Waals surface area contributed by atoms with Crippen molar-refractivity contribution in [1.29, 1.82) is 0 Å². The van der Waals surface area contributed by atoms with Crippen molar-refractivity contribution < 1.29 is 0 Å². The van der Waals surface area contributed by atoms with E-state index in [1.165, 1.54) is 50.1 Å². The van der Waals surface area contributed by atoms with Crippen molar-refractivity contribution in [1.82, 2.24) is 0 Å². The zero-order valence-corrected chi connectivity index (χ0v) is 21.5. The number of hydrogen-bond donors (Lipinski definition) is 0. The first-order chi connectivity index (χ1) is 15.7. The lowest BCUT2D eigenvalue weighted by Gasteiger charge is -2.33. The highest BCUT2D eigenvalue weighted by atomic mass is 14.5. The number of benzene rings is 3. The van der Waals surface area contributed by atoms with Crippen LogP contribution < -0.4 is 0 Å². The molecule has 0 aromatic heterocycles. The molecule has 2 aliphatic carbocycles. The van der Waals surface area contributed by atoms with Crippen molar-refractivity contribution >= 4 is 5.57 Å². The molecule has 0 aliphatic heterocycles. The summed E-state index contributed by atoms with van der Waals surface area (Å²) in [5.74, 6) is 0. The minimum atomic E-state index is -0.190. The van der Waals surface area contributed by atoms with Crippen LogP contribution in [-0.4, -0.2) is 0 Å². The lowest BCUT2D eigenvalue weighted by molar-refractivity contribution is 0.773. The van der Waals surface area contributed by atoms with Crippen LogP contribution in [-0.2, 0) is 5.41 Å². The minimum absolute atomic E-state index is 0.190. The smallest absolute Gasteiger partial charge is 0.0724 e. The zero-order valence-electron chi connectivity index (χ0n) is 21.5. The van der Waals surface area contributed by atoms with E-state index < -0.39 is 0 Å². The van der Waals surface area contributed by atoms with Gasteiger partial charge in [-0.1, -0.05) is 126 Å². The van der Waals surface area contributed by atoms with E-state index in [0.29, 0.717) is 0 Å². The van der Waals surface area contributed by atoms with Crippen molar-refractivity contribution in [3.05, 3.63) is 112 Å². The summed E-state index contributed by atoms with van der Waals surface area (Å²) in [5, 5.41) is 0. The highest BCUT2D eigenvalue weighted by Crippen LogP contribution is 2.62. The van der Waals surface area contributed by atoms with Gasteiger partial charge in [0.25, 0.3) is 0 Å². The molecular formula is C32H40. The summed E-state index contributed by atoms with van der Waals surface area (Å²) in [4.78, 5) is 0. The molecule has 0 heteroatoms. The lowest BCUT2D eigenvalue weighted by atomic mass is 9.68. The van der Waals surface area contributed by atoms with Gasteiger partial charge in [-0.3, -0.25) is 0 Å². The Balaban J connectivity index is 0.000000561. The number of rotatable bonds is 1. The third-order valence-corrected chi connectivity index (χ3v) is 6.26. The van der Waals surface area contributed by atoms with Crippen LogP contribution in [0.4, 0.5) is 0 Å². The Labute approximate surface area is 196 Å². The lowest BCUT2D eigenvalue weighted by Crippen LogP contribution is -2.28. The molecule has 0 heterocycles. The van der Waals surface area contributed by atoms with Crippen LogP contribution in [0.1, 0.15) is 84.6 Å². The second-order valence-corrected chi connectivity index (χ2v) is 7.36. The second kappa shape index (κ2) is 11.1. The number of allylic oxidation sites excluding steroid dienone is 4. The molecule has 3 aromatic carbocycles. The van der Waals surface area contributed by atoms with Crippen LogP contribution in [0.5, 0.6) is 0 Å². The van der Waals surface area contributed by atoms with E-state index in [1.807, 2.05) is 41.5 Å². The molecule has 1 spiro atoms. The highest BCUT2D eigenvalue weighted by Gasteiger charge is 2.52. The van der Waals surface area contributed by atoms with Crippen molar-refractivity contribution in [2.45, 2.75) is 67.7 Å². The van der Waals surface area contributed by atoms with Crippen molar-refractivity contribution in [3.8, 4) is 11.1 Å². The van der Waals surface area contributed by atoms with E-state index in [9.17, 15) is 0 Å². The van der Waals surface area contributed by atoms with E-state index in [1.54, 1.807) is 0 Å². The second-order valence-electron chi connectivity index (χ2n) is 7.36. The normalized spacial score (nSPS) is 14.1. The standard InChI is InChI=1S/C26H22.3C2H6/c1-4-17(2)25-18(3)19-11-5-8-14-22(19)26(25)23-15-9-6-12-20(23)21-13-7-10-16-24(21)26;3*1-2/h4-16H,1-3H3;3*1-2H3/b17-4-;;;. The SMILES string of the molecule is C/C=C(/C)C1=C(C)c2ccccc2C12c1ccccc1-c1ccccc12.CC.CC.CC. The van der Waals surface area contributed by atoms with Crippen LogP contribution in [0.25, 0.3) is 16.7 Å². The van der Waals surface area contributed by atoms with Crippen LogP contribution in [0.15, 0.2) is 90.0 Å². The fraction of sp³-hybridized carbons (Fsp3) is 0.312. The monoisotopic (exact) mass is 424 g/mol. The Morgan fingerprint density at radius 3 is 1.34 bits per heavy atom. The number of fused-ring (bicyclic) bond motifs is 7. The zero-order chi connectivity index (χ0) is 23.9. The molecule has 168 valence electrons. The van der Waals surface area contributed by atoms with E-state index >= 15 is 0 Å². The summed E-state index contributed by atoms with van der Waals surface area (Å²) >= 11 is 0. The maximum Gasteiger partial charge on any atom is 0.0724 e.